The second-order valence-corrected chi connectivity index (χ2v) is 3.72. The molecule has 96 valence electrons. The van der Waals surface area contributed by atoms with E-state index in [1.165, 1.54) is 18.5 Å². The number of pyridine rings is 1. The minimum atomic E-state index is -4.44. The van der Waals surface area contributed by atoms with Crippen LogP contribution < -0.4 is 5.32 Å². The molecule has 0 fully saturated rings. The third-order valence-electron chi connectivity index (χ3n) is 2.42. The van der Waals surface area contributed by atoms with E-state index < -0.39 is 11.7 Å². The zero-order chi connectivity index (χ0) is 13.2. The molecule has 7 heteroatoms. The first-order valence-corrected chi connectivity index (χ1v) is 5.13. The molecule has 18 heavy (non-hydrogen) atoms. The first kappa shape index (κ1) is 12.4. The summed E-state index contributed by atoms with van der Waals surface area (Å²) in [4.78, 5) is 3.48. The molecule has 1 N–H and O–H groups in total. The molecule has 0 radical (unpaired) electrons. The molecule has 0 aliphatic rings. The Bertz CT molecular complexity index is 536. The van der Waals surface area contributed by atoms with E-state index in [9.17, 15) is 13.2 Å². The molecular formula is C11H10F3N3O. The van der Waals surface area contributed by atoms with Gasteiger partial charge in [0.2, 0.25) is 0 Å². The van der Waals surface area contributed by atoms with Gasteiger partial charge in [-0.25, -0.2) is 0 Å². The minimum absolute atomic E-state index is 0.0279. The lowest BCUT2D eigenvalue weighted by atomic mass is 10.2. The summed E-state index contributed by atoms with van der Waals surface area (Å²) in [6.45, 7) is 1.93. The van der Waals surface area contributed by atoms with Crippen molar-refractivity contribution in [2.24, 2.45) is 0 Å². The number of anilines is 1. The van der Waals surface area contributed by atoms with Gasteiger partial charge in [-0.1, -0.05) is 5.16 Å². The van der Waals surface area contributed by atoms with E-state index in [2.05, 4.69) is 15.5 Å². The maximum atomic E-state index is 12.7. The Morgan fingerprint density at radius 2 is 2.17 bits per heavy atom. The van der Waals surface area contributed by atoms with Gasteiger partial charge in [-0.15, -0.1) is 0 Å². The van der Waals surface area contributed by atoms with Crippen molar-refractivity contribution >= 4 is 5.69 Å². The topological polar surface area (TPSA) is 51.0 Å². The van der Waals surface area contributed by atoms with Gasteiger partial charge in [0, 0.05) is 23.6 Å². The van der Waals surface area contributed by atoms with E-state index in [0.29, 0.717) is 5.69 Å². The molecule has 0 saturated heterocycles. The van der Waals surface area contributed by atoms with Gasteiger partial charge >= 0.3 is 6.18 Å². The predicted octanol–water partition coefficient (Wildman–Crippen LogP) is 3.01. The molecule has 0 spiro atoms. The van der Waals surface area contributed by atoms with Crippen LogP contribution in [0.4, 0.5) is 18.9 Å². The van der Waals surface area contributed by atoms with Crippen molar-refractivity contribution in [2.45, 2.75) is 19.6 Å². The summed E-state index contributed by atoms with van der Waals surface area (Å²) >= 11 is 0. The average Bonchev–Trinajstić information content (AvgIpc) is 2.71. The van der Waals surface area contributed by atoms with E-state index >= 15 is 0 Å². The van der Waals surface area contributed by atoms with E-state index in [1.807, 2.05) is 0 Å². The Morgan fingerprint density at radius 1 is 1.39 bits per heavy atom. The fourth-order valence-corrected chi connectivity index (χ4v) is 1.43. The fourth-order valence-electron chi connectivity index (χ4n) is 1.43. The summed E-state index contributed by atoms with van der Waals surface area (Å²) in [6, 6.07) is 1.28. The molecule has 0 aliphatic carbocycles. The highest BCUT2D eigenvalue weighted by Crippen LogP contribution is 2.34. The highest BCUT2D eigenvalue weighted by molar-refractivity contribution is 5.51. The third-order valence-corrected chi connectivity index (χ3v) is 2.42. The molecular weight excluding hydrogens is 247 g/mol. The number of hydrogen-bond acceptors (Lipinski definition) is 4. The zero-order valence-electron chi connectivity index (χ0n) is 9.45. The Labute approximate surface area is 101 Å². The molecule has 0 atom stereocenters. The van der Waals surface area contributed by atoms with E-state index in [4.69, 9.17) is 4.52 Å². The highest BCUT2D eigenvalue weighted by atomic mass is 19.4. The summed E-state index contributed by atoms with van der Waals surface area (Å²) in [5.74, 6) is 0. The molecule has 0 aliphatic heterocycles. The van der Waals surface area contributed by atoms with Gasteiger partial charge in [0.15, 0.2) is 0 Å². The third kappa shape index (κ3) is 2.61. The van der Waals surface area contributed by atoms with Gasteiger partial charge in [0.05, 0.1) is 12.1 Å². The Morgan fingerprint density at radius 3 is 2.78 bits per heavy atom. The van der Waals surface area contributed by atoms with Crippen LogP contribution >= 0.6 is 0 Å². The van der Waals surface area contributed by atoms with Gasteiger partial charge in [0.25, 0.3) is 0 Å². The van der Waals surface area contributed by atoms with E-state index in [1.54, 1.807) is 6.92 Å². The van der Waals surface area contributed by atoms with Gasteiger partial charge in [-0.05, 0) is 13.0 Å². The van der Waals surface area contributed by atoms with Crippen molar-refractivity contribution in [2.75, 3.05) is 5.32 Å². The maximum Gasteiger partial charge on any atom is 0.419 e. The zero-order valence-corrected chi connectivity index (χ0v) is 9.45. The lowest BCUT2D eigenvalue weighted by Gasteiger charge is -2.13. The monoisotopic (exact) mass is 257 g/mol. The van der Waals surface area contributed by atoms with Crippen LogP contribution in [0.2, 0.25) is 0 Å². The second-order valence-electron chi connectivity index (χ2n) is 3.72. The largest absolute Gasteiger partial charge is 0.419 e. The fraction of sp³-hybridized carbons (Fsp3) is 0.273. The molecule has 2 rings (SSSR count). The molecule has 2 aromatic heterocycles. The van der Waals surface area contributed by atoms with Crippen molar-refractivity contribution in [1.29, 1.82) is 0 Å². The van der Waals surface area contributed by atoms with Crippen molar-refractivity contribution in [1.82, 2.24) is 10.1 Å². The molecule has 4 nitrogen and oxygen atoms in total. The Kier molecular flexibility index (Phi) is 3.22. The molecule has 2 aromatic rings. The molecule has 0 unspecified atom stereocenters. The Balaban J connectivity index is 2.17. The first-order valence-electron chi connectivity index (χ1n) is 5.13. The lowest BCUT2D eigenvalue weighted by molar-refractivity contribution is -0.137. The first-order chi connectivity index (χ1) is 8.48. The van der Waals surface area contributed by atoms with Crippen LogP contribution in [0.3, 0.4) is 0 Å². The number of aryl methyl sites for hydroxylation is 1. The number of hydrogen-bond donors (Lipinski definition) is 1. The van der Waals surface area contributed by atoms with Crippen LogP contribution in [0.1, 0.15) is 16.8 Å². The SMILES string of the molecule is Cc1conc1CNc1ccncc1C(F)(F)F. The average molecular weight is 257 g/mol. The van der Waals surface area contributed by atoms with Gasteiger partial charge < -0.3 is 9.84 Å². The van der Waals surface area contributed by atoms with Gasteiger partial charge in [-0.3, -0.25) is 4.98 Å². The number of aromatic nitrogens is 2. The van der Waals surface area contributed by atoms with Crippen LogP contribution in [0.15, 0.2) is 29.2 Å². The molecule has 0 bridgehead atoms. The quantitative estimate of drug-likeness (QED) is 0.918. The standard InChI is InChI=1S/C11H10F3N3O/c1-7-6-18-17-10(7)5-16-9-2-3-15-4-8(9)11(12,13)14/h2-4,6H,5H2,1H3,(H,15,16). The number of rotatable bonds is 3. The van der Waals surface area contributed by atoms with Crippen LogP contribution in [-0.2, 0) is 12.7 Å². The molecule has 0 amide bonds. The highest BCUT2D eigenvalue weighted by Gasteiger charge is 2.33. The van der Waals surface area contributed by atoms with Gasteiger partial charge in [-0.2, -0.15) is 13.2 Å². The number of halogens is 3. The predicted molar refractivity (Wildman–Crippen MR) is 57.8 cm³/mol. The Hall–Kier alpha value is -2.05. The van der Waals surface area contributed by atoms with Crippen LogP contribution in [0.25, 0.3) is 0 Å². The smallest absolute Gasteiger partial charge is 0.379 e. The van der Waals surface area contributed by atoms with Crippen molar-refractivity contribution < 1.29 is 17.7 Å². The van der Waals surface area contributed by atoms with Crippen LogP contribution in [-0.4, -0.2) is 10.1 Å². The van der Waals surface area contributed by atoms with Crippen molar-refractivity contribution in [3.05, 3.63) is 41.5 Å². The summed E-state index contributed by atoms with van der Waals surface area (Å²) < 4.78 is 42.7. The normalized spacial score (nSPS) is 11.6. The molecule has 0 saturated carbocycles. The number of nitrogens with zero attached hydrogens (tertiary/aromatic N) is 2. The summed E-state index contributed by atoms with van der Waals surface area (Å²) in [7, 11) is 0. The molecule has 0 aromatic carbocycles. The van der Waals surface area contributed by atoms with Gasteiger partial charge in [0.1, 0.15) is 12.0 Å². The maximum absolute atomic E-state index is 12.7. The summed E-state index contributed by atoms with van der Waals surface area (Å²) in [5, 5.41) is 6.37. The number of alkyl halides is 3. The summed E-state index contributed by atoms with van der Waals surface area (Å²) in [6.07, 6.45) is -0.908. The number of nitrogens with one attached hydrogen (secondary N) is 1. The van der Waals surface area contributed by atoms with Crippen molar-refractivity contribution in [3.63, 3.8) is 0 Å². The van der Waals surface area contributed by atoms with Crippen LogP contribution in [0.5, 0.6) is 0 Å². The van der Waals surface area contributed by atoms with E-state index in [-0.39, 0.29) is 12.2 Å². The summed E-state index contributed by atoms with van der Waals surface area (Å²) in [5.41, 5.74) is 0.524. The second kappa shape index (κ2) is 4.67. The lowest BCUT2D eigenvalue weighted by Crippen LogP contribution is -2.11. The minimum Gasteiger partial charge on any atom is -0.379 e. The van der Waals surface area contributed by atoms with Crippen LogP contribution in [0, 0.1) is 6.92 Å². The van der Waals surface area contributed by atoms with E-state index in [0.717, 1.165) is 11.8 Å². The van der Waals surface area contributed by atoms with Crippen molar-refractivity contribution in [3.8, 4) is 0 Å². The molecule has 2 heterocycles.